The minimum absolute atomic E-state index is 0.0238. The number of hydrogen-bond acceptors (Lipinski definition) is 14. The van der Waals surface area contributed by atoms with Gasteiger partial charge in [0, 0.05) is 49.7 Å². The highest BCUT2D eigenvalue weighted by molar-refractivity contribution is 6.01. The minimum Gasteiger partial charge on any atom is -0.492 e. The quantitative estimate of drug-likeness (QED) is 0.0706. The number of aryl methyl sites for hydroxylation is 2. The van der Waals surface area contributed by atoms with Crippen LogP contribution >= 0.6 is 0 Å². The molecule has 0 radical (unpaired) electrons. The highest BCUT2D eigenvalue weighted by Gasteiger charge is 2.37. The molecule has 4 atom stereocenters. The first-order chi connectivity index (χ1) is 34.1. The molecule has 4 aromatic rings. The van der Waals surface area contributed by atoms with Gasteiger partial charge in [-0.05, 0) is 113 Å². The maximum atomic E-state index is 14.9. The molecule has 376 valence electrons. The van der Waals surface area contributed by atoms with Crippen molar-refractivity contribution >= 4 is 35.4 Å². The molecule has 20 nitrogen and oxygen atoms in total. The van der Waals surface area contributed by atoms with Gasteiger partial charge in [-0.2, -0.15) is 5.26 Å². The van der Waals surface area contributed by atoms with Crippen molar-refractivity contribution in [1.82, 2.24) is 36.1 Å². The number of rotatable bonds is 18. The Bertz CT molecular complexity index is 2610. The van der Waals surface area contributed by atoms with Crippen molar-refractivity contribution in [2.24, 2.45) is 17.2 Å². The first-order valence-electron chi connectivity index (χ1n) is 23.8. The van der Waals surface area contributed by atoms with Gasteiger partial charge in [-0.1, -0.05) is 18.6 Å². The van der Waals surface area contributed by atoms with Gasteiger partial charge in [0.1, 0.15) is 61.2 Å². The second kappa shape index (κ2) is 24.8. The number of nitrogens with one attached hydrogen (secondary N) is 4. The summed E-state index contributed by atoms with van der Waals surface area (Å²) in [6.07, 6.45) is 5.16. The van der Waals surface area contributed by atoms with Crippen LogP contribution in [0.3, 0.4) is 0 Å². The van der Waals surface area contributed by atoms with E-state index in [0.29, 0.717) is 51.0 Å². The van der Waals surface area contributed by atoms with Gasteiger partial charge >= 0.3 is 0 Å². The second-order valence-corrected chi connectivity index (χ2v) is 17.6. The molecule has 1 aliphatic heterocycles. The Hall–Kier alpha value is -7.63. The fourth-order valence-electron chi connectivity index (χ4n) is 8.71. The normalized spacial score (nSPS) is 17.5. The zero-order valence-electron chi connectivity index (χ0n) is 40.5. The first kappa shape index (κ1) is 52.7. The van der Waals surface area contributed by atoms with Gasteiger partial charge < -0.3 is 57.6 Å². The van der Waals surface area contributed by atoms with Crippen molar-refractivity contribution in [3.05, 3.63) is 88.7 Å². The molecule has 6 rings (SSSR count). The van der Waals surface area contributed by atoms with Crippen LogP contribution in [0.1, 0.15) is 90.8 Å². The summed E-state index contributed by atoms with van der Waals surface area (Å²) < 4.78 is 18.4. The van der Waals surface area contributed by atoms with E-state index in [0.717, 1.165) is 36.3 Å². The Morgan fingerprint density at radius 2 is 1.51 bits per heavy atom. The van der Waals surface area contributed by atoms with E-state index in [1.807, 2.05) is 30.3 Å². The average Bonchev–Trinajstić information content (AvgIpc) is 3.35. The number of carbonyl (C=O) groups excluding carboxylic acids is 6. The van der Waals surface area contributed by atoms with Crippen LogP contribution in [0.2, 0.25) is 0 Å². The predicted molar refractivity (Wildman–Crippen MR) is 262 cm³/mol. The van der Waals surface area contributed by atoms with E-state index in [1.54, 1.807) is 50.2 Å². The monoisotopic (exact) mass is 973 g/mol. The lowest BCUT2D eigenvalue weighted by atomic mass is 9.93. The first-order valence-corrected chi connectivity index (χ1v) is 23.8. The number of nitrogens with two attached hydrogens (primary N) is 3. The number of benzene rings is 3. The summed E-state index contributed by atoms with van der Waals surface area (Å²) in [6, 6.07) is 13.9. The van der Waals surface area contributed by atoms with E-state index in [9.17, 15) is 34.0 Å². The Balaban J connectivity index is 1.37. The number of carbonyl (C=O) groups is 6. The second-order valence-electron chi connectivity index (χ2n) is 17.6. The Kier molecular flexibility index (Phi) is 18.4. The fourth-order valence-corrected chi connectivity index (χ4v) is 8.71. The summed E-state index contributed by atoms with van der Waals surface area (Å²) in [6.45, 7) is 4.96. The summed E-state index contributed by atoms with van der Waals surface area (Å²) >= 11 is 0. The van der Waals surface area contributed by atoms with E-state index in [1.165, 1.54) is 20.4 Å². The zero-order chi connectivity index (χ0) is 51.2. The molecule has 0 saturated heterocycles. The van der Waals surface area contributed by atoms with E-state index in [-0.39, 0.29) is 69.3 Å². The number of hydrogen-bond donors (Lipinski definition) is 7. The van der Waals surface area contributed by atoms with Crippen LogP contribution in [-0.4, -0.2) is 114 Å². The van der Waals surface area contributed by atoms with E-state index < -0.39 is 59.6 Å². The van der Waals surface area contributed by atoms with Crippen molar-refractivity contribution in [3.8, 4) is 45.8 Å². The molecule has 2 heterocycles. The molecular formula is C51H63N11O9. The average molecular weight is 974 g/mol. The maximum Gasteiger partial charge on any atom is 0.255 e. The highest BCUT2D eigenvalue weighted by atomic mass is 16.5. The molecule has 1 saturated carbocycles. The number of nitriles is 1. The Morgan fingerprint density at radius 1 is 0.873 bits per heavy atom. The van der Waals surface area contributed by atoms with Gasteiger partial charge in [0.15, 0.2) is 5.82 Å². The van der Waals surface area contributed by atoms with Crippen LogP contribution in [0.4, 0.5) is 0 Å². The molecule has 1 aromatic heterocycles. The van der Waals surface area contributed by atoms with Crippen LogP contribution in [0.25, 0.3) is 22.5 Å². The molecule has 20 heteroatoms. The smallest absolute Gasteiger partial charge is 0.255 e. The van der Waals surface area contributed by atoms with E-state index >= 15 is 0 Å². The number of fused-ring (bicyclic) bond motifs is 5. The third-order valence-corrected chi connectivity index (χ3v) is 12.3. The van der Waals surface area contributed by atoms with Gasteiger partial charge in [-0.25, -0.2) is 9.97 Å². The fraction of sp³-hybridized carbons (Fsp3) is 0.431. The topological polar surface area (TPSA) is 309 Å². The summed E-state index contributed by atoms with van der Waals surface area (Å²) in [4.78, 5) is 93.7. The van der Waals surface area contributed by atoms with E-state index in [4.69, 9.17) is 31.4 Å². The highest BCUT2D eigenvalue weighted by Crippen LogP contribution is 2.40. The lowest BCUT2D eigenvalue weighted by Gasteiger charge is -2.32. The number of aromatic nitrogens is 2. The van der Waals surface area contributed by atoms with Gasteiger partial charge in [0.2, 0.25) is 29.5 Å². The van der Waals surface area contributed by atoms with Crippen molar-refractivity contribution in [1.29, 1.82) is 5.26 Å². The molecule has 4 unspecified atom stereocenters. The number of likely N-dealkylation sites (N-methyl/N-ethyl adjacent to an activating group) is 1. The molecule has 4 bridgehead atoms. The third-order valence-electron chi connectivity index (χ3n) is 12.3. The zero-order valence-corrected chi connectivity index (χ0v) is 40.5. The molecule has 1 fully saturated rings. The summed E-state index contributed by atoms with van der Waals surface area (Å²) in [5, 5.41) is 19.8. The standard InChI is InChI=1S/C51H63N11O9/c1-29-44(30(2)58-46(57-29)33-11-14-36(15-12-33)71-35-8-6-5-7-9-35)49(66)60-39(16-19-43(55)63)51(68)62(4)45-34-13-18-42(70-25-22-54)38(28-34)37-26-32(10-17-41(37)69-24-21-53)27-40(48(65)56-23-20-52)61-47(64)31(3)59-50(45)67/h10-15,17-18,26,28,31,35,39-40,45H,5-9,16,19,21-25,27,53-54H2,1-4H3,(H2,55,63)(H,56,65)(H,59,67)(H,60,66)(H,61,64). The molecule has 71 heavy (non-hydrogen) atoms. The van der Waals surface area contributed by atoms with Crippen molar-refractivity contribution in [2.75, 3.05) is 39.9 Å². The van der Waals surface area contributed by atoms with Crippen LogP contribution in [0, 0.1) is 25.2 Å². The molecule has 0 spiro atoms. The molecule has 3 aromatic carbocycles. The van der Waals surface area contributed by atoms with Crippen molar-refractivity contribution in [3.63, 3.8) is 0 Å². The van der Waals surface area contributed by atoms with Crippen LogP contribution in [0.5, 0.6) is 17.2 Å². The molecular weight excluding hydrogens is 911 g/mol. The van der Waals surface area contributed by atoms with Crippen molar-refractivity contribution in [2.45, 2.75) is 102 Å². The number of nitrogens with zero attached hydrogens (tertiary/aromatic N) is 4. The van der Waals surface area contributed by atoms with Crippen molar-refractivity contribution < 1.29 is 43.0 Å². The summed E-state index contributed by atoms with van der Waals surface area (Å²) in [5.74, 6) is -2.59. The van der Waals surface area contributed by atoms with Gasteiger partial charge in [0.25, 0.3) is 5.91 Å². The lowest BCUT2D eigenvalue weighted by molar-refractivity contribution is -0.141. The Labute approximate surface area is 412 Å². The van der Waals surface area contributed by atoms with E-state index in [2.05, 4.69) is 31.2 Å². The summed E-state index contributed by atoms with van der Waals surface area (Å²) in [5.41, 5.74) is 20.4. The molecule has 6 amide bonds. The maximum absolute atomic E-state index is 14.9. The van der Waals surface area contributed by atoms with Crippen LogP contribution < -0.4 is 52.7 Å². The minimum atomic E-state index is -1.49. The van der Waals surface area contributed by atoms with Crippen LogP contribution in [-0.2, 0) is 30.4 Å². The SMILES string of the molecule is Cc1nc(-c2ccc(OC3CCCCC3)cc2)nc(C)c1C(=O)NC(CCC(N)=O)C(=O)N(C)C1C(=O)NC(C)C(=O)NC(C(=O)NCC#N)Cc2ccc(OCCN)c(c2)-c2cc1ccc2OCCN. The van der Waals surface area contributed by atoms with Gasteiger partial charge in [0.05, 0.1) is 29.1 Å². The number of primary amides is 1. The number of ether oxygens (including phenoxy) is 3. The third kappa shape index (κ3) is 13.6. The molecule has 2 aliphatic rings. The lowest BCUT2D eigenvalue weighted by Crippen LogP contribution is -2.56. The molecule has 1 aliphatic carbocycles. The van der Waals surface area contributed by atoms with Gasteiger partial charge in [-0.3, -0.25) is 28.8 Å². The summed E-state index contributed by atoms with van der Waals surface area (Å²) in [7, 11) is 1.36. The Morgan fingerprint density at radius 3 is 2.13 bits per heavy atom. The number of amides is 6. The van der Waals surface area contributed by atoms with Gasteiger partial charge in [-0.15, -0.1) is 0 Å². The largest absolute Gasteiger partial charge is 0.492 e. The van der Waals surface area contributed by atoms with Crippen LogP contribution in [0.15, 0.2) is 60.7 Å². The predicted octanol–water partition coefficient (Wildman–Crippen LogP) is 2.56. The molecule has 10 N–H and O–H groups in total.